The molecule has 3 rings (SSSR count). The lowest BCUT2D eigenvalue weighted by Gasteiger charge is -2.26. The van der Waals surface area contributed by atoms with Gasteiger partial charge in [0.25, 0.3) is 0 Å². The third-order valence-electron chi connectivity index (χ3n) is 3.58. The van der Waals surface area contributed by atoms with E-state index in [2.05, 4.69) is 9.97 Å². The minimum atomic E-state index is -0.537. The molecule has 1 aromatic carbocycles. The topological polar surface area (TPSA) is 75.3 Å². The van der Waals surface area contributed by atoms with Crippen LogP contribution in [0.25, 0.3) is 0 Å². The highest BCUT2D eigenvalue weighted by Crippen LogP contribution is 2.39. The van der Waals surface area contributed by atoms with Crippen molar-refractivity contribution in [2.24, 2.45) is 0 Å². The van der Waals surface area contributed by atoms with Crippen LogP contribution in [0.4, 0.5) is 16.0 Å². The number of aliphatic hydroxyl groups excluding tert-OH is 1. The molecule has 110 valence electrons. The van der Waals surface area contributed by atoms with Crippen LogP contribution in [0.3, 0.4) is 0 Å². The fraction of sp³-hybridized carbons (Fsp3) is 0.286. The zero-order chi connectivity index (χ0) is 15.0. The van der Waals surface area contributed by atoms with E-state index in [-0.39, 0.29) is 22.7 Å². The summed E-state index contributed by atoms with van der Waals surface area (Å²) in [6.45, 7) is 0.358. The molecule has 0 saturated carbocycles. The van der Waals surface area contributed by atoms with Gasteiger partial charge in [0.2, 0.25) is 0 Å². The molecule has 0 spiro atoms. The number of halogens is 2. The molecule has 1 aliphatic rings. The van der Waals surface area contributed by atoms with Gasteiger partial charge in [-0.1, -0.05) is 23.7 Å². The van der Waals surface area contributed by atoms with E-state index in [1.165, 1.54) is 18.5 Å². The van der Waals surface area contributed by atoms with E-state index < -0.39 is 6.10 Å². The van der Waals surface area contributed by atoms with Crippen molar-refractivity contribution in [1.29, 1.82) is 0 Å². The summed E-state index contributed by atoms with van der Waals surface area (Å²) < 4.78 is 13.4. The number of nitrogens with zero attached hydrogens (tertiary/aromatic N) is 3. The number of hydrogen-bond donors (Lipinski definition) is 2. The lowest BCUT2D eigenvalue weighted by atomic mass is 10.0. The molecule has 1 aromatic heterocycles. The Kier molecular flexibility index (Phi) is 3.65. The van der Waals surface area contributed by atoms with Gasteiger partial charge in [-0.15, -0.1) is 0 Å². The third kappa shape index (κ3) is 2.64. The minimum absolute atomic E-state index is 0.182. The molecule has 0 unspecified atom stereocenters. The first-order valence-electron chi connectivity index (χ1n) is 6.52. The van der Waals surface area contributed by atoms with Crippen molar-refractivity contribution in [3.8, 4) is 0 Å². The second-order valence-corrected chi connectivity index (χ2v) is 5.39. The van der Waals surface area contributed by atoms with Crippen LogP contribution in [0, 0.1) is 5.82 Å². The monoisotopic (exact) mass is 308 g/mol. The van der Waals surface area contributed by atoms with Crippen molar-refractivity contribution < 1.29 is 9.50 Å². The fourth-order valence-corrected chi connectivity index (χ4v) is 2.86. The molecule has 5 nitrogen and oxygen atoms in total. The second-order valence-electron chi connectivity index (χ2n) is 5.01. The predicted octanol–water partition coefficient (Wildman–Crippen LogP) is 2.16. The quantitative estimate of drug-likeness (QED) is 0.889. The van der Waals surface area contributed by atoms with Gasteiger partial charge in [0.1, 0.15) is 23.0 Å². The van der Waals surface area contributed by atoms with Gasteiger partial charge in [-0.05, 0) is 24.1 Å². The number of aliphatic hydroxyl groups is 1. The lowest BCUT2D eigenvalue weighted by Crippen LogP contribution is -2.26. The van der Waals surface area contributed by atoms with Crippen molar-refractivity contribution in [2.45, 2.75) is 18.6 Å². The molecular weight excluding hydrogens is 295 g/mol. The molecule has 2 atom stereocenters. The Morgan fingerprint density at radius 3 is 2.95 bits per heavy atom. The Morgan fingerprint density at radius 1 is 1.38 bits per heavy atom. The maximum Gasteiger partial charge on any atom is 0.153 e. The van der Waals surface area contributed by atoms with Gasteiger partial charge < -0.3 is 15.7 Å². The van der Waals surface area contributed by atoms with Gasteiger partial charge in [0.05, 0.1) is 12.1 Å². The van der Waals surface area contributed by atoms with Crippen molar-refractivity contribution >= 4 is 23.2 Å². The third-order valence-corrected chi connectivity index (χ3v) is 3.95. The highest BCUT2D eigenvalue weighted by Gasteiger charge is 2.34. The van der Waals surface area contributed by atoms with Crippen molar-refractivity contribution in [3.05, 3.63) is 47.0 Å². The van der Waals surface area contributed by atoms with Crippen LogP contribution in [0.2, 0.25) is 5.02 Å². The summed E-state index contributed by atoms with van der Waals surface area (Å²) in [5.41, 5.74) is 6.46. The zero-order valence-electron chi connectivity index (χ0n) is 11.1. The van der Waals surface area contributed by atoms with E-state index in [1.807, 2.05) is 11.0 Å². The van der Waals surface area contributed by atoms with Crippen molar-refractivity contribution in [2.75, 3.05) is 17.2 Å². The molecule has 2 aromatic rings. The Balaban J connectivity index is 2.02. The molecule has 2 heterocycles. The molecule has 0 radical (unpaired) electrons. The number of nitrogen functional groups attached to an aromatic ring is 1. The van der Waals surface area contributed by atoms with E-state index in [4.69, 9.17) is 17.3 Å². The summed E-state index contributed by atoms with van der Waals surface area (Å²) in [6.07, 6.45) is 1.26. The maximum atomic E-state index is 13.4. The molecule has 0 aliphatic carbocycles. The molecule has 0 amide bonds. The summed E-state index contributed by atoms with van der Waals surface area (Å²) in [4.78, 5) is 9.81. The number of hydrogen-bond acceptors (Lipinski definition) is 5. The van der Waals surface area contributed by atoms with Crippen LogP contribution >= 0.6 is 11.6 Å². The van der Waals surface area contributed by atoms with Crippen LogP contribution in [-0.4, -0.2) is 27.7 Å². The average molecular weight is 309 g/mol. The summed E-state index contributed by atoms with van der Waals surface area (Å²) >= 11 is 6.16. The summed E-state index contributed by atoms with van der Waals surface area (Å²) in [7, 11) is 0. The first kappa shape index (κ1) is 14.0. The van der Waals surface area contributed by atoms with Crippen LogP contribution in [0.5, 0.6) is 0 Å². The molecule has 0 bridgehead atoms. The fourth-order valence-electron chi connectivity index (χ4n) is 2.65. The number of β-amino-alcohol motifs (C(OH)–C–C–N with tert-alkyl or cyclic N) is 1. The van der Waals surface area contributed by atoms with E-state index in [1.54, 1.807) is 6.07 Å². The number of rotatable bonds is 2. The summed E-state index contributed by atoms with van der Waals surface area (Å²) in [6, 6.07) is 6.09. The van der Waals surface area contributed by atoms with Gasteiger partial charge >= 0.3 is 0 Å². The standard InChI is InChI=1S/C14H14ClFN4O/c15-12-13(17)18-7-19-14(12)20-6-10(21)5-11(20)8-2-1-3-9(16)4-8/h1-4,7,10-11,21H,5-6H2,(H2,17,18,19)/t10-,11-/m0/s1. The molecule has 1 aliphatic heterocycles. The number of anilines is 2. The van der Waals surface area contributed by atoms with Gasteiger partial charge in [-0.25, -0.2) is 14.4 Å². The first-order valence-corrected chi connectivity index (χ1v) is 6.90. The van der Waals surface area contributed by atoms with E-state index in [9.17, 15) is 9.50 Å². The molecular formula is C14H14ClFN4O. The molecule has 21 heavy (non-hydrogen) atoms. The largest absolute Gasteiger partial charge is 0.391 e. The molecule has 3 N–H and O–H groups in total. The van der Waals surface area contributed by atoms with Crippen LogP contribution < -0.4 is 10.6 Å². The highest BCUT2D eigenvalue weighted by atomic mass is 35.5. The first-order chi connectivity index (χ1) is 10.1. The van der Waals surface area contributed by atoms with E-state index in [0.717, 1.165) is 5.56 Å². The number of aromatic nitrogens is 2. The van der Waals surface area contributed by atoms with E-state index >= 15 is 0 Å². The summed E-state index contributed by atoms with van der Waals surface area (Å²) in [5, 5.41) is 10.2. The Bertz CT molecular complexity index is 669. The summed E-state index contributed by atoms with van der Waals surface area (Å²) in [5.74, 6) is 0.318. The van der Waals surface area contributed by atoms with Crippen LogP contribution in [0.15, 0.2) is 30.6 Å². The Hall–Kier alpha value is -1.92. The predicted molar refractivity (Wildman–Crippen MR) is 78.6 cm³/mol. The highest BCUT2D eigenvalue weighted by molar-refractivity contribution is 6.35. The normalized spacial score (nSPS) is 21.8. The average Bonchev–Trinajstić information content (AvgIpc) is 2.84. The molecule has 7 heteroatoms. The lowest BCUT2D eigenvalue weighted by molar-refractivity contribution is 0.194. The maximum absolute atomic E-state index is 13.4. The van der Waals surface area contributed by atoms with Gasteiger partial charge in [-0.3, -0.25) is 0 Å². The van der Waals surface area contributed by atoms with E-state index in [0.29, 0.717) is 18.8 Å². The SMILES string of the molecule is Nc1ncnc(N2C[C@@H](O)C[C@H]2c2cccc(F)c2)c1Cl. The second kappa shape index (κ2) is 5.46. The number of benzene rings is 1. The van der Waals surface area contributed by atoms with Gasteiger partial charge in [-0.2, -0.15) is 0 Å². The Labute approximate surface area is 126 Å². The van der Waals surface area contributed by atoms with Crippen molar-refractivity contribution in [1.82, 2.24) is 9.97 Å². The van der Waals surface area contributed by atoms with Crippen LogP contribution in [0.1, 0.15) is 18.0 Å². The minimum Gasteiger partial charge on any atom is -0.391 e. The van der Waals surface area contributed by atoms with Crippen LogP contribution in [-0.2, 0) is 0 Å². The number of nitrogens with two attached hydrogens (primary N) is 1. The van der Waals surface area contributed by atoms with Crippen molar-refractivity contribution in [3.63, 3.8) is 0 Å². The zero-order valence-corrected chi connectivity index (χ0v) is 11.8. The smallest absolute Gasteiger partial charge is 0.153 e. The van der Waals surface area contributed by atoms with Gasteiger partial charge in [0.15, 0.2) is 5.82 Å². The Morgan fingerprint density at radius 2 is 2.19 bits per heavy atom. The molecule has 1 saturated heterocycles. The van der Waals surface area contributed by atoms with Gasteiger partial charge in [0, 0.05) is 6.54 Å². The molecule has 1 fully saturated rings.